The van der Waals surface area contributed by atoms with Gasteiger partial charge in [0.05, 0.1) is 7.11 Å². The molecular formula is C15H24N2O2. The molecule has 0 saturated carbocycles. The van der Waals surface area contributed by atoms with Crippen molar-refractivity contribution < 1.29 is 9.47 Å². The Kier molecular flexibility index (Phi) is 5.05. The van der Waals surface area contributed by atoms with Crippen molar-refractivity contribution in [1.29, 1.82) is 0 Å². The van der Waals surface area contributed by atoms with Crippen molar-refractivity contribution in [3.05, 3.63) is 23.8 Å². The molecular weight excluding hydrogens is 240 g/mol. The predicted octanol–water partition coefficient (Wildman–Crippen LogP) is 1.67. The number of rotatable bonds is 5. The van der Waals surface area contributed by atoms with Crippen LogP contribution in [0.3, 0.4) is 0 Å². The maximum absolute atomic E-state index is 6.12. The van der Waals surface area contributed by atoms with E-state index < -0.39 is 0 Å². The molecule has 1 saturated heterocycles. The Morgan fingerprint density at radius 1 is 1.32 bits per heavy atom. The van der Waals surface area contributed by atoms with Gasteiger partial charge < -0.3 is 20.1 Å². The average Bonchev–Trinajstić information content (AvgIpc) is 2.42. The highest BCUT2D eigenvalue weighted by atomic mass is 16.5. The van der Waals surface area contributed by atoms with Gasteiger partial charge in [-0.1, -0.05) is 12.1 Å². The van der Waals surface area contributed by atoms with Gasteiger partial charge in [-0.15, -0.1) is 0 Å². The van der Waals surface area contributed by atoms with E-state index in [1.54, 1.807) is 7.11 Å². The molecule has 2 N–H and O–H groups in total. The van der Waals surface area contributed by atoms with Crippen molar-refractivity contribution in [2.24, 2.45) is 5.73 Å². The zero-order valence-corrected chi connectivity index (χ0v) is 11.9. The third kappa shape index (κ3) is 3.61. The van der Waals surface area contributed by atoms with Gasteiger partial charge in [0.25, 0.3) is 0 Å². The van der Waals surface area contributed by atoms with Crippen LogP contribution >= 0.6 is 0 Å². The van der Waals surface area contributed by atoms with Crippen LogP contribution in [0.2, 0.25) is 0 Å². The minimum Gasteiger partial charge on any atom is -0.493 e. The highest BCUT2D eigenvalue weighted by Crippen LogP contribution is 2.33. The highest BCUT2D eigenvalue weighted by molar-refractivity contribution is 5.46. The van der Waals surface area contributed by atoms with Crippen LogP contribution in [0.25, 0.3) is 0 Å². The van der Waals surface area contributed by atoms with E-state index in [2.05, 4.69) is 11.9 Å². The molecule has 1 heterocycles. The molecule has 0 aliphatic carbocycles. The Balaban J connectivity index is 2.08. The van der Waals surface area contributed by atoms with E-state index in [0.29, 0.717) is 12.6 Å². The lowest BCUT2D eigenvalue weighted by Crippen LogP contribution is -2.35. The Labute approximate surface area is 115 Å². The molecule has 4 heteroatoms. The van der Waals surface area contributed by atoms with Gasteiger partial charge in [0.1, 0.15) is 6.10 Å². The quantitative estimate of drug-likeness (QED) is 0.879. The van der Waals surface area contributed by atoms with Gasteiger partial charge in [0, 0.05) is 13.1 Å². The molecule has 0 bridgehead atoms. The summed E-state index contributed by atoms with van der Waals surface area (Å²) in [6, 6.07) is 6.04. The summed E-state index contributed by atoms with van der Waals surface area (Å²) in [5.41, 5.74) is 6.75. The van der Waals surface area contributed by atoms with Crippen molar-refractivity contribution in [3.63, 3.8) is 0 Å². The predicted molar refractivity (Wildman–Crippen MR) is 76.9 cm³/mol. The van der Waals surface area contributed by atoms with Crippen LogP contribution < -0.4 is 15.2 Å². The number of piperidine rings is 1. The van der Waals surface area contributed by atoms with Gasteiger partial charge in [0.2, 0.25) is 0 Å². The lowest BCUT2D eigenvalue weighted by atomic mass is 10.1. The zero-order valence-electron chi connectivity index (χ0n) is 11.9. The number of nitrogens with zero attached hydrogens (tertiary/aromatic N) is 1. The Hall–Kier alpha value is -1.26. The maximum Gasteiger partial charge on any atom is 0.163 e. The first-order chi connectivity index (χ1) is 9.24. The number of likely N-dealkylation sites (tertiary alicyclic amines) is 1. The average molecular weight is 264 g/mol. The van der Waals surface area contributed by atoms with Gasteiger partial charge in [-0.3, -0.25) is 0 Å². The number of hydrogen-bond donors (Lipinski definition) is 1. The fraction of sp³-hybridized carbons (Fsp3) is 0.600. The smallest absolute Gasteiger partial charge is 0.163 e. The van der Waals surface area contributed by atoms with Crippen molar-refractivity contribution in [3.8, 4) is 11.5 Å². The second kappa shape index (κ2) is 6.78. The molecule has 4 nitrogen and oxygen atoms in total. The van der Waals surface area contributed by atoms with Crippen molar-refractivity contribution >= 4 is 0 Å². The molecule has 19 heavy (non-hydrogen) atoms. The van der Waals surface area contributed by atoms with Crippen molar-refractivity contribution in [2.45, 2.75) is 25.4 Å². The lowest BCUT2D eigenvalue weighted by Gasteiger charge is -2.30. The number of nitrogens with two attached hydrogens (primary N) is 1. The second-order valence-corrected chi connectivity index (χ2v) is 5.11. The molecule has 1 aliphatic heterocycles. The summed E-state index contributed by atoms with van der Waals surface area (Å²) in [5, 5.41) is 0. The topological polar surface area (TPSA) is 47.7 Å². The first-order valence-electron chi connectivity index (χ1n) is 6.95. The molecule has 1 aliphatic rings. The summed E-state index contributed by atoms with van der Waals surface area (Å²) < 4.78 is 11.6. The molecule has 1 fully saturated rings. The van der Waals surface area contributed by atoms with Gasteiger partial charge in [-0.25, -0.2) is 0 Å². The number of benzene rings is 1. The fourth-order valence-corrected chi connectivity index (χ4v) is 2.52. The molecule has 0 spiro atoms. The Morgan fingerprint density at radius 2 is 2.05 bits per heavy atom. The third-order valence-corrected chi connectivity index (χ3v) is 3.64. The minimum absolute atomic E-state index is 0.290. The van der Waals surface area contributed by atoms with Gasteiger partial charge >= 0.3 is 0 Å². The number of para-hydroxylation sites is 1. The SMILES string of the molecule is COc1c(CCN)cccc1OC1CCN(C)CC1. The molecule has 1 aromatic carbocycles. The fourth-order valence-electron chi connectivity index (χ4n) is 2.52. The van der Waals surface area contributed by atoms with Crippen LogP contribution in [0, 0.1) is 0 Å². The number of methoxy groups -OCH3 is 1. The summed E-state index contributed by atoms with van der Waals surface area (Å²) in [6.45, 7) is 2.80. The van der Waals surface area contributed by atoms with Crippen LogP contribution in [0.5, 0.6) is 11.5 Å². The summed E-state index contributed by atoms with van der Waals surface area (Å²) in [5.74, 6) is 1.69. The summed E-state index contributed by atoms with van der Waals surface area (Å²) in [6.07, 6.45) is 3.24. The van der Waals surface area contributed by atoms with Crippen molar-refractivity contribution in [2.75, 3.05) is 33.8 Å². The molecule has 106 valence electrons. The van der Waals surface area contributed by atoms with E-state index in [0.717, 1.165) is 49.4 Å². The Morgan fingerprint density at radius 3 is 2.68 bits per heavy atom. The standard InChI is InChI=1S/C15H24N2O2/c1-17-10-7-13(8-11-17)19-14-5-3-4-12(6-9-16)15(14)18-2/h3-5,13H,6-11,16H2,1-2H3. The van der Waals surface area contributed by atoms with Crippen LogP contribution in [0.1, 0.15) is 18.4 Å². The first kappa shape index (κ1) is 14.2. The van der Waals surface area contributed by atoms with Crippen LogP contribution in [0.15, 0.2) is 18.2 Å². The monoisotopic (exact) mass is 264 g/mol. The van der Waals surface area contributed by atoms with E-state index in [1.165, 1.54) is 0 Å². The molecule has 0 amide bonds. The van der Waals surface area contributed by atoms with Crippen molar-refractivity contribution in [1.82, 2.24) is 4.90 Å². The van der Waals surface area contributed by atoms with Crippen LogP contribution in [0.4, 0.5) is 0 Å². The lowest BCUT2D eigenvalue weighted by molar-refractivity contribution is 0.111. The zero-order chi connectivity index (χ0) is 13.7. The first-order valence-corrected chi connectivity index (χ1v) is 6.95. The van der Waals surface area contributed by atoms with E-state index >= 15 is 0 Å². The Bertz CT molecular complexity index is 401. The molecule has 2 rings (SSSR count). The maximum atomic E-state index is 6.12. The molecule has 0 unspecified atom stereocenters. The molecule has 0 aromatic heterocycles. The van der Waals surface area contributed by atoms with E-state index in [-0.39, 0.29) is 0 Å². The minimum atomic E-state index is 0.290. The summed E-state index contributed by atoms with van der Waals surface area (Å²) >= 11 is 0. The van der Waals surface area contributed by atoms with Gasteiger partial charge in [0.15, 0.2) is 11.5 Å². The summed E-state index contributed by atoms with van der Waals surface area (Å²) in [7, 11) is 3.84. The van der Waals surface area contributed by atoms with Crippen LogP contribution in [-0.2, 0) is 6.42 Å². The molecule has 0 atom stereocenters. The van der Waals surface area contributed by atoms with Gasteiger partial charge in [-0.2, -0.15) is 0 Å². The van der Waals surface area contributed by atoms with E-state index in [4.69, 9.17) is 15.2 Å². The number of ether oxygens (including phenoxy) is 2. The van der Waals surface area contributed by atoms with Crippen LogP contribution in [-0.4, -0.2) is 44.8 Å². The van der Waals surface area contributed by atoms with E-state index in [1.807, 2.05) is 18.2 Å². The highest BCUT2D eigenvalue weighted by Gasteiger charge is 2.20. The molecule has 1 aromatic rings. The van der Waals surface area contributed by atoms with Gasteiger partial charge in [-0.05, 0) is 44.5 Å². The van der Waals surface area contributed by atoms with E-state index in [9.17, 15) is 0 Å². The largest absolute Gasteiger partial charge is 0.493 e. The summed E-state index contributed by atoms with van der Waals surface area (Å²) in [4.78, 5) is 2.34. The third-order valence-electron chi connectivity index (χ3n) is 3.64. The second-order valence-electron chi connectivity index (χ2n) is 5.11. The normalized spacial score (nSPS) is 17.4. The molecule has 0 radical (unpaired) electrons. The number of hydrogen-bond acceptors (Lipinski definition) is 4.